The molecule has 1 saturated heterocycles. The smallest absolute Gasteiger partial charge is 0.255 e. The van der Waals surface area contributed by atoms with Crippen molar-refractivity contribution in [3.8, 4) is 5.69 Å². The number of aromatic nitrogens is 1. The van der Waals surface area contributed by atoms with Crippen LogP contribution in [0.15, 0.2) is 53.5 Å². The van der Waals surface area contributed by atoms with Crippen LogP contribution in [0.5, 0.6) is 0 Å². The fourth-order valence-corrected chi connectivity index (χ4v) is 4.75. The summed E-state index contributed by atoms with van der Waals surface area (Å²) in [4.78, 5) is 26.8. The first kappa shape index (κ1) is 23.1. The number of carbonyl (C=O) groups excluding carboxylic acids is 1. The molecule has 0 saturated carbocycles. The quantitative estimate of drug-likeness (QED) is 0.587. The summed E-state index contributed by atoms with van der Waals surface area (Å²) in [6.07, 6.45) is 1.54. The van der Waals surface area contributed by atoms with Gasteiger partial charge in [-0.15, -0.1) is 0 Å². The second kappa shape index (κ2) is 10.7. The number of nitrogens with zero attached hydrogens (tertiary/aromatic N) is 3. The van der Waals surface area contributed by atoms with Crippen molar-refractivity contribution in [1.82, 2.24) is 19.1 Å². The molecule has 0 bridgehead atoms. The highest BCUT2D eigenvalue weighted by Gasteiger charge is 2.26. The molecule has 3 rings (SSSR count). The minimum Gasteiger partial charge on any atom is -0.384 e. The van der Waals surface area contributed by atoms with E-state index in [-0.39, 0.29) is 23.8 Å². The molecule has 2 aromatic rings. The number of ether oxygens (including phenoxy) is 1. The second-order valence-electron chi connectivity index (χ2n) is 7.27. The van der Waals surface area contributed by atoms with Crippen LogP contribution in [0.1, 0.15) is 10.4 Å². The van der Waals surface area contributed by atoms with Gasteiger partial charge < -0.3 is 10.1 Å². The van der Waals surface area contributed by atoms with Crippen molar-refractivity contribution >= 4 is 15.9 Å². The van der Waals surface area contributed by atoms with Gasteiger partial charge in [0.15, 0.2) is 0 Å². The minimum atomic E-state index is -3.29. The first-order chi connectivity index (χ1) is 14.9. The maximum absolute atomic E-state index is 12.5. The van der Waals surface area contributed by atoms with Crippen LogP contribution in [0.2, 0.25) is 0 Å². The Morgan fingerprint density at radius 3 is 2.45 bits per heavy atom. The SMILES string of the molecule is COCCS(=O)(=O)N1CCN(CCNC(=O)c2ccc(=O)n(-c3ccccc3)c2)CC1. The third-order valence-corrected chi connectivity index (χ3v) is 7.03. The van der Waals surface area contributed by atoms with Gasteiger partial charge >= 0.3 is 0 Å². The van der Waals surface area contributed by atoms with Gasteiger partial charge in [0, 0.05) is 64.3 Å². The molecule has 1 aromatic heterocycles. The molecule has 1 aliphatic rings. The van der Waals surface area contributed by atoms with Crippen molar-refractivity contribution in [3.05, 3.63) is 64.6 Å². The first-order valence-electron chi connectivity index (χ1n) is 10.2. The van der Waals surface area contributed by atoms with E-state index in [2.05, 4.69) is 10.2 Å². The van der Waals surface area contributed by atoms with E-state index in [4.69, 9.17) is 4.74 Å². The average Bonchev–Trinajstić information content (AvgIpc) is 2.79. The lowest BCUT2D eigenvalue weighted by atomic mass is 10.2. The molecule has 168 valence electrons. The Bertz CT molecular complexity index is 1030. The number of methoxy groups -OCH3 is 1. The molecule has 1 aliphatic heterocycles. The zero-order valence-corrected chi connectivity index (χ0v) is 18.4. The fourth-order valence-electron chi connectivity index (χ4n) is 3.39. The molecule has 1 fully saturated rings. The van der Waals surface area contributed by atoms with Gasteiger partial charge in [0.05, 0.1) is 17.9 Å². The normalized spacial score (nSPS) is 15.6. The number of hydrogen-bond acceptors (Lipinski definition) is 6. The number of benzene rings is 1. The summed E-state index contributed by atoms with van der Waals surface area (Å²) in [6, 6.07) is 12.0. The van der Waals surface area contributed by atoms with Crippen LogP contribution in [-0.2, 0) is 14.8 Å². The van der Waals surface area contributed by atoms with Crippen molar-refractivity contribution in [1.29, 1.82) is 0 Å². The highest BCUT2D eigenvalue weighted by atomic mass is 32.2. The molecule has 1 aromatic carbocycles. The van der Waals surface area contributed by atoms with Crippen LogP contribution in [0.25, 0.3) is 5.69 Å². The maximum atomic E-state index is 12.5. The van der Waals surface area contributed by atoms with Crippen molar-refractivity contribution in [2.24, 2.45) is 0 Å². The highest BCUT2D eigenvalue weighted by Crippen LogP contribution is 2.08. The zero-order chi connectivity index (χ0) is 22.3. The Hall–Kier alpha value is -2.53. The summed E-state index contributed by atoms with van der Waals surface area (Å²) in [5.74, 6) is -0.268. The molecule has 10 heteroatoms. The molecule has 9 nitrogen and oxygen atoms in total. The summed E-state index contributed by atoms with van der Waals surface area (Å²) in [7, 11) is -1.80. The largest absolute Gasteiger partial charge is 0.384 e. The Morgan fingerprint density at radius 2 is 1.77 bits per heavy atom. The van der Waals surface area contributed by atoms with E-state index in [0.717, 1.165) is 0 Å². The molecule has 0 radical (unpaired) electrons. The van der Waals surface area contributed by atoms with Gasteiger partial charge in [-0.25, -0.2) is 8.42 Å². The standard InChI is InChI=1S/C21H28N4O5S/c1-30-15-16-31(28,29)24-13-11-23(12-14-24)10-9-22-21(27)18-7-8-20(26)25(17-18)19-5-3-2-4-6-19/h2-8,17H,9-16H2,1H3,(H,22,27). The van der Waals surface area contributed by atoms with Crippen molar-refractivity contribution < 1.29 is 17.9 Å². The monoisotopic (exact) mass is 448 g/mol. The van der Waals surface area contributed by atoms with E-state index in [1.807, 2.05) is 18.2 Å². The summed E-state index contributed by atoms with van der Waals surface area (Å²) >= 11 is 0. The number of carbonyl (C=O) groups is 1. The lowest BCUT2D eigenvalue weighted by molar-refractivity contribution is 0.0944. The molecule has 1 N–H and O–H groups in total. The topological polar surface area (TPSA) is 101 Å². The molecule has 0 aliphatic carbocycles. The number of nitrogens with one attached hydrogen (secondary N) is 1. The summed E-state index contributed by atoms with van der Waals surface area (Å²) in [5.41, 5.74) is 0.888. The maximum Gasteiger partial charge on any atom is 0.255 e. The van der Waals surface area contributed by atoms with Gasteiger partial charge in [0.2, 0.25) is 10.0 Å². The van der Waals surface area contributed by atoms with Crippen molar-refractivity contribution in [2.45, 2.75) is 0 Å². The van der Waals surface area contributed by atoms with Gasteiger partial charge in [0.1, 0.15) is 0 Å². The predicted molar refractivity (Wildman–Crippen MR) is 118 cm³/mol. The third-order valence-electron chi connectivity index (χ3n) is 5.19. The van der Waals surface area contributed by atoms with Crippen LogP contribution < -0.4 is 10.9 Å². The highest BCUT2D eigenvalue weighted by molar-refractivity contribution is 7.89. The number of pyridine rings is 1. The first-order valence-corrected chi connectivity index (χ1v) is 11.8. The molecule has 0 unspecified atom stereocenters. The average molecular weight is 449 g/mol. The van der Waals surface area contributed by atoms with Crippen LogP contribution >= 0.6 is 0 Å². The lowest BCUT2D eigenvalue weighted by Gasteiger charge is -2.33. The number of amides is 1. The Balaban J connectivity index is 1.49. The number of para-hydroxylation sites is 1. The van der Waals surface area contributed by atoms with Gasteiger partial charge in [-0.05, 0) is 18.2 Å². The number of hydrogen-bond donors (Lipinski definition) is 1. The molecule has 31 heavy (non-hydrogen) atoms. The third kappa shape index (κ3) is 6.23. The Morgan fingerprint density at radius 1 is 1.06 bits per heavy atom. The minimum absolute atomic E-state index is 0.00924. The predicted octanol–water partition coefficient (Wildman–Crippen LogP) is 0.161. The fraction of sp³-hybridized carbons (Fsp3) is 0.429. The molecular formula is C21H28N4O5S. The second-order valence-corrected chi connectivity index (χ2v) is 9.36. The summed E-state index contributed by atoms with van der Waals surface area (Å²) < 4.78 is 32.2. The number of piperazine rings is 1. The molecular weight excluding hydrogens is 420 g/mol. The Labute approximate surface area is 182 Å². The Kier molecular flexibility index (Phi) is 7.97. The zero-order valence-electron chi connectivity index (χ0n) is 17.6. The molecule has 1 amide bonds. The van der Waals surface area contributed by atoms with Crippen LogP contribution in [0, 0.1) is 0 Å². The van der Waals surface area contributed by atoms with Crippen LogP contribution in [0.4, 0.5) is 0 Å². The van der Waals surface area contributed by atoms with Crippen molar-refractivity contribution in [2.75, 3.05) is 58.7 Å². The van der Waals surface area contributed by atoms with Crippen LogP contribution in [0.3, 0.4) is 0 Å². The van der Waals surface area contributed by atoms with Gasteiger partial charge in [0.25, 0.3) is 11.5 Å². The van der Waals surface area contributed by atoms with Crippen molar-refractivity contribution in [3.63, 3.8) is 0 Å². The van der Waals surface area contributed by atoms with Gasteiger partial charge in [-0.3, -0.25) is 19.1 Å². The van der Waals surface area contributed by atoms with Gasteiger partial charge in [-0.1, -0.05) is 18.2 Å². The van der Waals surface area contributed by atoms with E-state index >= 15 is 0 Å². The van der Waals surface area contributed by atoms with E-state index in [0.29, 0.717) is 50.5 Å². The van der Waals surface area contributed by atoms with E-state index < -0.39 is 10.0 Å². The molecule has 2 heterocycles. The molecule has 0 spiro atoms. The molecule has 0 atom stereocenters. The van der Waals surface area contributed by atoms with Crippen LogP contribution in [-0.4, -0.2) is 86.8 Å². The van der Waals surface area contributed by atoms with E-state index in [9.17, 15) is 18.0 Å². The summed E-state index contributed by atoms with van der Waals surface area (Å²) in [5, 5.41) is 2.87. The van der Waals surface area contributed by atoms with Gasteiger partial charge in [-0.2, -0.15) is 4.31 Å². The van der Waals surface area contributed by atoms with E-state index in [1.165, 1.54) is 34.3 Å². The number of sulfonamides is 1. The van der Waals surface area contributed by atoms with E-state index in [1.54, 1.807) is 12.1 Å². The lowest BCUT2D eigenvalue weighted by Crippen LogP contribution is -2.50. The number of rotatable bonds is 9. The summed E-state index contributed by atoms with van der Waals surface area (Å²) in [6.45, 7) is 3.33.